The molecule has 0 unspecified atom stereocenters. The number of H-pyrrole nitrogens is 1. The van der Waals surface area contributed by atoms with Gasteiger partial charge in [-0.15, -0.1) is 0 Å². The summed E-state index contributed by atoms with van der Waals surface area (Å²) in [5.74, 6) is 0.306. The van der Waals surface area contributed by atoms with Crippen LogP contribution in [0.2, 0.25) is 0 Å². The lowest BCUT2D eigenvalue weighted by Gasteiger charge is -2.03. The summed E-state index contributed by atoms with van der Waals surface area (Å²) in [6.07, 6.45) is 2.84. The van der Waals surface area contributed by atoms with Crippen LogP contribution >= 0.6 is 0 Å². The summed E-state index contributed by atoms with van der Waals surface area (Å²) < 4.78 is 9.83. The minimum atomic E-state index is -0.507. The predicted octanol–water partition coefficient (Wildman–Crippen LogP) is 2.64. The largest absolute Gasteiger partial charge is 0.497 e. The maximum atomic E-state index is 12.3. The second-order valence-electron chi connectivity index (χ2n) is 6.01. The van der Waals surface area contributed by atoms with Gasteiger partial charge in [-0.05, 0) is 42.7 Å². The molecule has 2 N–H and O–H groups in total. The maximum absolute atomic E-state index is 12.3. The first-order valence-electron chi connectivity index (χ1n) is 8.62. The first-order chi connectivity index (χ1) is 13.6. The lowest BCUT2D eigenvalue weighted by molar-refractivity contribution is 0.0600. The fourth-order valence-corrected chi connectivity index (χ4v) is 2.61. The molecule has 0 fully saturated rings. The number of hydrogen-bond donors (Lipinski definition) is 2. The number of aryl methyl sites for hydroxylation is 2. The Kier molecular flexibility index (Phi) is 6.01. The van der Waals surface area contributed by atoms with E-state index in [1.807, 2.05) is 24.3 Å². The van der Waals surface area contributed by atoms with Crippen LogP contribution in [-0.2, 0) is 17.6 Å². The predicted molar refractivity (Wildman–Crippen MR) is 103 cm³/mol. The molecule has 8 heteroatoms. The van der Waals surface area contributed by atoms with Gasteiger partial charge in [0, 0.05) is 18.0 Å². The number of aromatic amines is 1. The van der Waals surface area contributed by atoms with Crippen molar-refractivity contribution in [2.45, 2.75) is 12.8 Å². The van der Waals surface area contributed by atoms with E-state index in [0.717, 1.165) is 29.8 Å². The fraction of sp³-hybridized carbons (Fsp3) is 0.200. The normalized spacial score (nSPS) is 10.4. The topological polar surface area (TPSA) is 106 Å². The van der Waals surface area contributed by atoms with Gasteiger partial charge in [0.25, 0.3) is 5.91 Å². The van der Waals surface area contributed by atoms with Gasteiger partial charge in [0.05, 0.1) is 19.8 Å². The van der Waals surface area contributed by atoms with Gasteiger partial charge in [-0.25, -0.2) is 4.79 Å². The van der Waals surface area contributed by atoms with E-state index in [4.69, 9.17) is 4.74 Å². The van der Waals surface area contributed by atoms with Crippen molar-refractivity contribution >= 4 is 17.7 Å². The number of pyridine rings is 1. The smallest absolute Gasteiger partial charge is 0.339 e. The van der Waals surface area contributed by atoms with E-state index < -0.39 is 11.9 Å². The van der Waals surface area contributed by atoms with Crippen LogP contribution in [0.5, 0.6) is 5.75 Å². The molecular formula is C20H20N4O4. The zero-order chi connectivity index (χ0) is 19.9. The van der Waals surface area contributed by atoms with Crippen LogP contribution < -0.4 is 10.1 Å². The summed E-state index contributed by atoms with van der Waals surface area (Å²) >= 11 is 0. The standard InChI is InChI=1S/C20H20N4O4/c1-27-16-5-3-4-13(10-16)6-8-15-11-18(24-23-15)22-19(25)17-9-7-14(12-21-17)20(26)28-2/h3-5,7,9-12H,6,8H2,1-2H3,(H2,22,23,24,25). The van der Waals surface area contributed by atoms with Gasteiger partial charge >= 0.3 is 5.97 Å². The van der Waals surface area contributed by atoms with Gasteiger partial charge in [-0.1, -0.05) is 12.1 Å². The van der Waals surface area contributed by atoms with Crippen LogP contribution in [0.1, 0.15) is 32.1 Å². The molecule has 0 aliphatic heterocycles. The summed E-state index contributed by atoms with van der Waals surface area (Å²) in [5, 5.41) is 9.70. The molecule has 3 aromatic rings. The molecule has 3 rings (SSSR count). The van der Waals surface area contributed by atoms with Crippen molar-refractivity contribution in [3.63, 3.8) is 0 Å². The molecule has 8 nitrogen and oxygen atoms in total. The highest BCUT2D eigenvalue weighted by Gasteiger charge is 2.12. The molecule has 0 aliphatic rings. The molecule has 144 valence electrons. The quantitative estimate of drug-likeness (QED) is 0.611. The number of esters is 1. The second kappa shape index (κ2) is 8.81. The van der Waals surface area contributed by atoms with Gasteiger partial charge < -0.3 is 14.8 Å². The Morgan fingerprint density at radius 1 is 1.11 bits per heavy atom. The van der Waals surface area contributed by atoms with Gasteiger partial charge in [0.15, 0.2) is 5.82 Å². The fourth-order valence-electron chi connectivity index (χ4n) is 2.61. The van der Waals surface area contributed by atoms with Crippen LogP contribution in [-0.4, -0.2) is 41.3 Å². The number of nitrogens with one attached hydrogen (secondary N) is 2. The van der Waals surface area contributed by atoms with Gasteiger partial charge in [0.1, 0.15) is 11.4 Å². The third-order valence-corrected chi connectivity index (χ3v) is 4.11. The Labute approximate surface area is 161 Å². The van der Waals surface area contributed by atoms with E-state index >= 15 is 0 Å². The van der Waals surface area contributed by atoms with Crippen molar-refractivity contribution in [1.82, 2.24) is 15.2 Å². The van der Waals surface area contributed by atoms with Crippen LogP contribution in [0.25, 0.3) is 0 Å². The Morgan fingerprint density at radius 2 is 1.96 bits per heavy atom. The van der Waals surface area contributed by atoms with E-state index in [9.17, 15) is 9.59 Å². The van der Waals surface area contributed by atoms with Crippen LogP contribution in [0.4, 0.5) is 5.82 Å². The molecule has 1 amide bonds. The van der Waals surface area contributed by atoms with Crippen molar-refractivity contribution in [2.75, 3.05) is 19.5 Å². The molecular weight excluding hydrogens is 360 g/mol. The molecule has 0 bridgehead atoms. The lowest BCUT2D eigenvalue weighted by Crippen LogP contribution is -2.14. The number of carbonyl (C=O) groups excluding carboxylic acids is 2. The highest BCUT2D eigenvalue weighted by atomic mass is 16.5. The number of carbonyl (C=O) groups is 2. The summed E-state index contributed by atoms with van der Waals surface area (Å²) in [6, 6.07) is 12.6. The van der Waals surface area contributed by atoms with Gasteiger partial charge in [0.2, 0.25) is 0 Å². The van der Waals surface area contributed by atoms with E-state index in [-0.39, 0.29) is 11.3 Å². The average Bonchev–Trinajstić information content (AvgIpc) is 3.19. The molecule has 1 aromatic carbocycles. The number of amides is 1. The molecule has 0 aliphatic carbocycles. The van der Waals surface area contributed by atoms with Crippen LogP contribution in [0.3, 0.4) is 0 Å². The van der Waals surface area contributed by atoms with E-state index in [2.05, 4.69) is 25.2 Å². The van der Waals surface area contributed by atoms with E-state index in [1.165, 1.54) is 25.4 Å². The zero-order valence-corrected chi connectivity index (χ0v) is 15.6. The van der Waals surface area contributed by atoms with Gasteiger partial charge in [-0.2, -0.15) is 5.10 Å². The van der Waals surface area contributed by atoms with Crippen molar-refractivity contribution in [3.8, 4) is 5.75 Å². The molecule has 0 atom stereocenters. The maximum Gasteiger partial charge on any atom is 0.339 e. The van der Waals surface area contributed by atoms with Crippen molar-refractivity contribution < 1.29 is 19.1 Å². The van der Waals surface area contributed by atoms with Crippen molar-refractivity contribution in [1.29, 1.82) is 0 Å². The minimum absolute atomic E-state index is 0.175. The molecule has 2 aromatic heterocycles. The SMILES string of the molecule is COC(=O)c1ccc(C(=O)Nc2cc(CCc3cccc(OC)c3)[nH]n2)nc1. The first kappa shape index (κ1) is 19.1. The average molecular weight is 380 g/mol. The second-order valence-corrected chi connectivity index (χ2v) is 6.01. The van der Waals surface area contributed by atoms with Crippen LogP contribution in [0.15, 0.2) is 48.7 Å². The number of aromatic nitrogens is 3. The Bertz CT molecular complexity index is 966. The number of ether oxygens (including phenoxy) is 2. The molecule has 0 saturated carbocycles. The number of anilines is 1. The van der Waals surface area contributed by atoms with Gasteiger partial charge in [-0.3, -0.25) is 14.9 Å². The van der Waals surface area contributed by atoms with Crippen LogP contribution in [0, 0.1) is 0 Å². The third-order valence-electron chi connectivity index (χ3n) is 4.11. The Hall–Kier alpha value is -3.68. The molecule has 0 spiro atoms. The van der Waals surface area contributed by atoms with Crippen molar-refractivity contribution in [3.05, 3.63) is 71.2 Å². The number of nitrogens with zero attached hydrogens (tertiary/aromatic N) is 2. The van der Waals surface area contributed by atoms with Crippen molar-refractivity contribution in [2.24, 2.45) is 0 Å². The number of benzene rings is 1. The molecule has 28 heavy (non-hydrogen) atoms. The number of methoxy groups -OCH3 is 2. The van der Waals surface area contributed by atoms with E-state index in [1.54, 1.807) is 13.2 Å². The summed E-state index contributed by atoms with van der Waals surface area (Å²) in [7, 11) is 2.92. The molecule has 2 heterocycles. The number of rotatable bonds is 7. The highest BCUT2D eigenvalue weighted by Crippen LogP contribution is 2.15. The summed E-state index contributed by atoms with van der Waals surface area (Å²) in [4.78, 5) is 27.7. The Morgan fingerprint density at radius 3 is 2.68 bits per heavy atom. The zero-order valence-electron chi connectivity index (χ0n) is 15.6. The third kappa shape index (κ3) is 4.73. The highest BCUT2D eigenvalue weighted by molar-refractivity contribution is 6.02. The Balaban J connectivity index is 1.57. The molecule has 0 saturated heterocycles. The lowest BCUT2D eigenvalue weighted by atomic mass is 10.1. The molecule has 0 radical (unpaired) electrons. The number of hydrogen-bond acceptors (Lipinski definition) is 6. The first-order valence-corrected chi connectivity index (χ1v) is 8.62. The monoisotopic (exact) mass is 380 g/mol. The minimum Gasteiger partial charge on any atom is -0.497 e. The summed E-state index contributed by atoms with van der Waals surface area (Å²) in [6.45, 7) is 0. The van der Waals surface area contributed by atoms with E-state index in [0.29, 0.717) is 5.82 Å². The summed E-state index contributed by atoms with van der Waals surface area (Å²) in [5.41, 5.74) is 2.49.